The molecule has 0 aliphatic rings. The second kappa shape index (κ2) is 5.03. The average molecular weight is 271 g/mol. The summed E-state index contributed by atoms with van der Waals surface area (Å²) in [6, 6.07) is 10.0. The number of para-hydroxylation sites is 1. The lowest BCUT2D eigenvalue weighted by molar-refractivity contribution is 0.464. The monoisotopic (exact) mass is 271 g/mol. The van der Waals surface area contributed by atoms with Crippen LogP contribution in [0.15, 0.2) is 47.0 Å². The lowest BCUT2D eigenvalue weighted by Gasteiger charge is -2.13. The van der Waals surface area contributed by atoms with Crippen LogP contribution in [0.2, 0.25) is 0 Å². The number of furan rings is 1. The van der Waals surface area contributed by atoms with Crippen molar-refractivity contribution in [1.82, 2.24) is 10.4 Å². The van der Waals surface area contributed by atoms with Gasteiger partial charge in [-0.1, -0.05) is 12.1 Å². The molecule has 0 radical (unpaired) electrons. The minimum Gasteiger partial charge on any atom is -0.456 e. The molecule has 0 aliphatic heterocycles. The largest absolute Gasteiger partial charge is 0.456 e. The van der Waals surface area contributed by atoms with Gasteiger partial charge in [0.2, 0.25) is 0 Å². The van der Waals surface area contributed by atoms with Crippen LogP contribution in [0.5, 0.6) is 0 Å². The molecule has 0 spiro atoms. The zero-order chi connectivity index (χ0) is 14.1. The van der Waals surface area contributed by atoms with Gasteiger partial charge >= 0.3 is 0 Å². The van der Waals surface area contributed by atoms with E-state index < -0.39 is 0 Å². The molecule has 2 heterocycles. The minimum atomic E-state index is -0.379. The van der Waals surface area contributed by atoms with Gasteiger partial charge in [0.15, 0.2) is 11.4 Å². The number of nitrogens with zero attached hydrogens (tertiary/aromatic N) is 1. The van der Waals surface area contributed by atoms with Crippen molar-refractivity contribution in [1.29, 1.82) is 0 Å². The zero-order valence-electron chi connectivity index (χ0n) is 10.9. The van der Waals surface area contributed by atoms with Gasteiger partial charge < -0.3 is 4.42 Å². The van der Waals surface area contributed by atoms with Crippen molar-refractivity contribution >= 4 is 11.0 Å². The van der Waals surface area contributed by atoms with Crippen LogP contribution in [0.1, 0.15) is 23.1 Å². The van der Waals surface area contributed by atoms with Crippen molar-refractivity contribution in [2.24, 2.45) is 5.84 Å². The summed E-state index contributed by atoms with van der Waals surface area (Å²) in [6.07, 6.45) is 1.71. The molecule has 5 heteroatoms. The number of hydrazine groups is 1. The molecule has 0 saturated carbocycles. The van der Waals surface area contributed by atoms with Gasteiger partial charge in [0, 0.05) is 17.3 Å². The third-order valence-corrected chi connectivity index (χ3v) is 3.22. The van der Waals surface area contributed by atoms with Gasteiger partial charge in [-0.05, 0) is 36.8 Å². The maximum atomic E-state index is 13.7. The van der Waals surface area contributed by atoms with Crippen LogP contribution >= 0.6 is 0 Å². The van der Waals surface area contributed by atoms with E-state index in [1.807, 2.05) is 19.1 Å². The molecule has 0 fully saturated rings. The maximum Gasteiger partial charge on any atom is 0.169 e. The number of hydrogen-bond acceptors (Lipinski definition) is 4. The summed E-state index contributed by atoms with van der Waals surface area (Å²) in [6.45, 7) is 1.90. The van der Waals surface area contributed by atoms with E-state index >= 15 is 0 Å². The summed E-state index contributed by atoms with van der Waals surface area (Å²) >= 11 is 0. The van der Waals surface area contributed by atoms with Crippen LogP contribution in [0.3, 0.4) is 0 Å². The van der Waals surface area contributed by atoms with Crippen molar-refractivity contribution < 1.29 is 8.81 Å². The topological polar surface area (TPSA) is 64.1 Å². The maximum absolute atomic E-state index is 13.7. The van der Waals surface area contributed by atoms with E-state index in [9.17, 15) is 4.39 Å². The van der Waals surface area contributed by atoms with Crippen molar-refractivity contribution in [3.05, 3.63) is 65.4 Å². The Morgan fingerprint density at radius 1 is 1.30 bits per heavy atom. The lowest BCUT2D eigenvalue weighted by Crippen LogP contribution is -2.28. The summed E-state index contributed by atoms with van der Waals surface area (Å²) in [4.78, 5) is 4.15. The minimum absolute atomic E-state index is 0.244. The Morgan fingerprint density at radius 2 is 2.15 bits per heavy atom. The molecule has 3 N–H and O–H groups in total. The molecule has 4 nitrogen and oxygen atoms in total. The Balaban J connectivity index is 2.09. The van der Waals surface area contributed by atoms with E-state index in [1.165, 1.54) is 6.07 Å². The fourth-order valence-corrected chi connectivity index (χ4v) is 2.28. The van der Waals surface area contributed by atoms with Crippen LogP contribution in [-0.4, -0.2) is 4.98 Å². The molecule has 3 aromatic rings. The first kappa shape index (κ1) is 12.8. The van der Waals surface area contributed by atoms with Gasteiger partial charge in [0.25, 0.3) is 0 Å². The number of aryl methyl sites for hydroxylation is 1. The smallest absolute Gasteiger partial charge is 0.169 e. The highest BCUT2D eigenvalue weighted by Crippen LogP contribution is 2.29. The number of benzene rings is 1. The second-order valence-electron chi connectivity index (χ2n) is 4.64. The molecule has 0 aliphatic carbocycles. The molecule has 1 atom stereocenters. The molecule has 20 heavy (non-hydrogen) atoms. The number of nitrogens with two attached hydrogens (primary N) is 1. The molecule has 0 bridgehead atoms. The van der Waals surface area contributed by atoms with E-state index in [1.54, 1.807) is 24.4 Å². The van der Waals surface area contributed by atoms with E-state index in [0.717, 1.165) is 11.3 Å². The third-order valence-electron chi connectivity index (χ3n) is 3.22. The van der Waals surface area contributed by atoms with Crippen molar-refractivity contribution in [3.63, 3.8) is 0 Å². The van der Waals surface area contributed by atoms with Crippen molar-refractivity contribution in [2.75, 3.05) is 0 Å². The second-order valence-corrected chi connectivity index (χ2v) is 4.64. The Labute approximate surface area is 115 Å². The summed E-state index contributed by atoms with van der Waals surface area (Å²) < 4.78 is 19.3. The first-order valence-corrected chi connectivity index (χ1v) is 6.25. The highest BCUT2D eigenvalue weighted by Gasteiger charge is 2.18. The van der Waals surface area contributed by atoms with E-state index in [2.05, 4.69) is 10.4 Å². The SMILES string of the molecule is Cc1cc(C(NN)c2cc3cccc(F)c3o2)ccn1. The van der Waals surface area contributed by atoms with Gasteiger partial charge in [0.05, 0.1) is 0 Å². The number of rotatable bonds is 3. The Bertz CT molecular complexity index is 754. The molecular weight excluding hydrogens is 257 g/mol. The molecular formula is C15H14FN3O. The molecule has 0 amide bonds. The van der Waals surface area contributed by atoms with Gasteiger partial charge in [0.1, 0.15) is 11.8 Å². The lowest BCUT2D eigenvalue weighted by atomic mass is 10.1. The molecule has 1 unspecified atom stereocenters. The first-order valence-electron chi connectivity index (χ1n) is 6.25. The van der Waals surface area contributed by atoms with E-state index in [-0.39, 0.29) is 17.4 Å². The summed E-state index contributed by atoms with van der Waals surface area (Å²) in [5.41, 5.74) is 4.74. The summed E-state index contributed by atoms with van der Waals surface area (Å²) in [7, 11) is 0. The predicted octanol–water partition coefficient (Wildman–Crippen LogP) is 2.83. The number of pyridine rings is 1. The first-order chi connectivity index (χ1) is 9.69. The fraction of sp³-hybridized carbons (Fsp3) is 0.133. The highest BCUT2D eigenvalue weighted by molar-refractivity contribution is 5.78. The Morgan fingerprint density at radius 3 is 2.85 bits per heavy atom. The molecule has 3 rings (SSSR count). The standard InChI is InChI=1S/C15H14FN3O/c1-9-7-10(5-6-18-9)14(19-17)13-8-11-3-2-4-12(16)15(11)20-13/h2-8,14,19H,17H2,1H3. The quantitative estimate of drug-likeness (QED) is 0.568. The molecule has 2 aromatic heterocycles. The summed E-state index contributed by atoms with van der Waals surface area (Å²) in [5, 5.41) is 0.714. The zero-order valence-corrected chi connectivity index (χ0v) is 10.9. The number of halogens is 1. The van der Waals surface area contributed by atoms with Crippen LogP contribution in [0, 0.1) is 12.7 Å². The van der Waals surface area contributed by atoms with E-state index in [0.29, 0.717) is 11.1 Å². The average Bonchev–Trinajstić information content (AvgIpc) is 2.85. The van der Waals surface area contributed by atoms with Crippen LogP contribution < -0.4 is 11.3 Å². The van der Waals surface area contributed by atoms with Crippen LogP contribution in [0.25, 0.3) is 11.0 Å². The summed E-state index contributed by atoms with van der Waals surface area (Å²) in [5.74, 6) is 5.81. The van der Waals surface area contributed by atoms with Gasteiger partial charge in [-0.3, -0.25) is 10.8 Å². The Hall–Kier alpha value is -2.24. The van der Waals surface area contributed by atoms with E-state index in [4.69, 9.17) is 10.3 Å². The number of fused-ring (bicyclic) bond motifs is 1. The molecule has 1 aromatic carbocycles. The number of aromatic nitrogens is 1. The number of hydrogen-bond donors (Lipinski definition) is 2. The van der Waals surface area contributed by atoms with Crippen LogP contribution in [-0.2, 0) is 0 Å². The molecule has 0 saturated heterocycles. The van der Waals surface area contributed by atoms with Gasteiger partial charge in [-0.15, -0.1) is 0 Å². The highest BCUT2D eigenvalue weighted by atomic mass is 19.1. The third kappa shape index (κ3) is 2.17. The predicted molar refractivity (Wildman–Crippen MR) is 74.3 cm³/mol. The number of nitrogens with one attached hydrogen (secondary N) is 1. The van der Waals surface area contributed by atoms with Crippen molar-refractivity contribution in [3.8, 4) is 0 Å². The van der Waals surface area contributed by atoms with Gasteiger partial charge in [-0.2, -0.15) is 0 Å². The van der Waals surface area contributed by atoms with Crippen molar-refractivity contribution in [2.45, 2.75) is 13.0 Å². The normalized spacial score (nSPS) is 12.8. The molecule has 102 valence electrons. The Kier molecular flexibility index (Phi) is 3.22. The fourth-order valence-electron chi connectivity index (χ4n) is 2.28. The van der Waals surface area contributed by atoms with Crippen LogP contribution in [0.4, 0.5) is 4.39 Å². The van der Waals surface area contributed by atoms with Gasteiger partial charge in [-0.25, -0.2) is 9.82 Å².